The minimum absolute atomic E-state index is 0.0193. The molecule has 0 bridgehead atoms. The lowest BCUT2D eigenvalue weighted by Crippen LogP contribution is -2.34. The number of carbonyl (C=O) groups is 1. The van der Waals surface area contributed by atoms with Crippen LogP contribution in [0.15, 0.2) is 18.2 Å². The lowest BCUT2D eigenvalue weighted by Gasteiger charge is -2.21. The van der Waals surface area contributed by atoms with Gasteiger partial charge in [-0.05, 0) is 26.5 Å². The summed E-state index contributed by atoms with van der Waals surface area (Å²) >= 11 is 0. The van der Waals surface area contributed by atoms with Crippen molar-refractivity contribution in [2.75, 3.05) is 7.05 Å². The first kappa shape index (κ1) is 12.1. The van der Waals surface area contributed by atoms with E-state index in [1.165, 1.54) is 16.7 Å². The molecule has 3 atom stereocenters. The Labute approximate surface area is 103 Å². The average molecular weight is 232 g/mol. The second-order valence-corrected chi connectivity index (χ2v) is 5.01. The van der Waals surface area contributed by atoms with E-state index in [9.17, 15) is 4.79 Å². The standard InChI is InChI=1S/C14H20N2O/c1-8-5-9(2)7-11(6-8)13-12(15-4)10(3)14(17)16-13/h5-7,10,12-13,15H,1-4H3,(H,16,17). The molecule has 1 heterocycles. The van der Waals surface area contributed by atoms with Gasteiger partial charge in [0.05, 0.1) is 12.0 Å². The number of benzene rings is 1. The molecule has 0 aliphatic carbocycles. The molecule has 1 aliphatic rings. The maximum Gasteiger partial charge on any atom is 0.225 e. The third-order valence-electron chi connectivity index (χ3n) is 3.55. The van der Waals surface area contributed by atoms with E-state index in [2.05, 4.69) is 42.7 Å². The highest BCUT2D eigenvalue weighted by Crippen LogP contribution is 2.29. The average Bonchev–Trinajstić information content (AvgIpc) is 2.54. The molecule has 92 valence electrons. The van der Waals surface area contributed by atoms with Gasteiger partial charge in [-0.2, -0.15) is 0 Å². The van der Waals surface area contributed by atoms with E-state index < -0.39 is 0 Å². The normalized spacial score (nSPS) is 28.2. The van der Waals surface area contributed by atoms with Crippen molar-refractivity contribution >= 4 is 5.91 Å². The summed E-state index contributed by atoms with van der Waals surface area (Å²) in [6.45, 7) is 6.15. The molecule has 1 amide bonds. The van der Waals surface area contributed by atoms with E-state index in [1.807, 2.05) is 14.0 Å². The third-order valence-corrected chi connectivity index (χ3v) is 3.55. The van der Waals surface area contributed by atoms with E-state index in [4.69, 9.17) is 0 Å². The molecule has 17 heavy (non-hydrogen) atoms. The first-order chi connectivity index (χ1) is 8.02. The van der Waals surface area contributed by atoms with Gasteiger partial charge in [-0.15, -0.1) is 0 Å². The van der Waals surface area contributed by atoms with Crippen molar-refractivity contribution < 1.29 is 4.79 Å². The number of hydrogen-bond acceptors (Lipinski definition) is 2. The molecule has 0 radical (unpaired) electrons. The van der Waals surface area contributed by atoms with Crippen molar-refractivity contribution in [2.45, 2.75) is 32.9 Å². The van der Waals surface area contributed by atoms with Crippen molar-refractivity contribution in [3.05, 3.63) is 34.9 Å². The van der Waals surface area contributed by atoms with E-state index in [-0.39, 0.29) is 23.9 Å². The monoisotopic (exact) mass is 232 g/mol. The molecular weight excluding hydrogens is 212 g/mol. The Kier molecular flexibility index (Phi) is 3.20. The van der Waals surface area contributed by atoms with E-state index in [0.717, 1.165) is 0 Å². The highest BCUT2D eigenvalue weighted by Gasteiger charge is 2.39. The number of nitrogens with one attached hydrogen (secondary N) is 2. The summed E-state index contributed by atoms with van der Waals surface area (Å²) in [5, 5.41) is 6.32. The first-order valence-electron chi connectivity index (χ1n) is 6.08. The SMILES string of the molecule is CNC1C(C)C(=O)NC1c1cc(C)cc(C)c1. The molecule has 1 aliphatic heterocycles. The summed E-state index contributed by atoms with van der Waals surface area (Å²) in [5.74, 6) is 0.152. The maximum atomic E-state index is 11.7. The topological polar surface area (TPSA) is 41.1 Å². The molecular formula is C14H20N2O. The van der Waals surface area contributed by atoms with Crippen molar-refractivity contribution in [3.63, 3.8) is 0 Å². The fourth-order valence-electron chi connectivity index (χ4n) is 2.72. The first-order valence-corrected chi connectivity index (χ1v) is 6.08. The summed E-state index contributed by atoms with van der Waals surface area (Å²) in [4.78, 5) is 11.7. The van der Waals surface area contributed by atoms with Crippen LogP contribution < -0.4 is 10.6 Å². The lowest BCUT2D eigenvalue weighted by molar-refractivity contribution is -0.122. The quantitative estimate of drug-likeness (QED) is 0.815. The Balaban J connectivity index is 2.36. The molecule has 1 aromatic rings. The number of amides is 1. The van der Waals surface area contributed by atoms with Crippen molar-refractivity contribution in [1.82, 2.24) is 10.6 Å². The predicted molar refractivity (Wildman–Crippen MR) is 68.8 cm³/mol. The van der Waals surface area contributed by atoms with Gasteiger partial charge in [0.2, 0.25) is 5.91 Å². The van der Waals surface area contributed by atoms with E-state index >= 15 is 0 Å². The second kappa shape index (κ2) is 4.49. The Morgan fingerprint density at radius 1 is 1.18 bits per heavy atom. The van der Waals surface area contributed by atoms with Crippen LogP contribution in [0.3, 0.4) is 0 Å². The molecule has 0 saturated carbocycles. The van der Waals surface area contributed by atoms with Gasteiger partial charge in [0.1, 0.15) is 0 Å². The Hall–Kier alpha value is -1.35. The number of rotatable bonds is 2. The highest BCUT2D eigenvalue weighted by atomic mass is 16.2. The minimum Gasteiger partial charge on any atom is -0.347 e. The summed E-state index contributed by atoms with van der Waals surface area (Å²) in [6, 6.07) is 6.71. The number of carbonyl (C=O) groups excluding carboxylic acids is 1. The van der Waals surface area contributed by atoms with Crippen LogP contribution in [0.25, 0.3) is 0 Å². The zero-order valence-corrected chi connectivity index (χ0v) is 10.9. The minimum atomic E-state index is 0.0193. The fourth-order valence-corrected chi connectivity index (χ4v) is 2.72. The zero-order valence-electron chi connectivity index (χ0n) is 10.9. The summed E-state index contributed by atoms with van der Waals surface area (Å²) in [6.07, 6.45) is 0. The van der Waals surface area contributed by atoms with Crippen LogP contribution in [-0.2, 0) is 4.79 Å². The van der Waals surface area contributed by atoms with Gasteiger partial charge >= 0.3 is 0 Å². The van der Waals surface area contributed by atoms with Crippen LogP contribution in [0.2, 0.25) is 0 Å². The molecule has 3 nitrogen and oxygen atoms in total. The highest BCUT2D eigenvalue weighted by molar-refractivity contribution is 5.82. The zero-order chi connectivity index (χ0) is 12.6. The Bertz CT molecular complexity index is 422. The van der Waals surface area contributed by atoms with Crippen molar-refractivity contribution in [1.29, 1.82) is 0 Å². The summed E-state index contributed by atoms with van der Waals surface area (Å²) in [7, 11) is 1.91. The second-order valence-electron chi connectivity index (χ2n) is 5.01. The molecule has 2 N–H and O–H groups in total. The van der Waals surface area contributed by atoms with Gasteiger partial charge in [-0.1, -0.05) is 36.2 Å². The van der Waals surface area contributed by atoms with Gasteiger partial charge in [0.25, 0.3) is 0 Å². The largest absolute Gasteiger partial charge is 0.347 e. The smallest absolute Gasteiger partial charge is 0.225 e. The molecule has 0 spiro atoms. The molecule has 1 aromatic carbocycles. The molecule has 0 aromatic heterocycles. The van der Waals surface area contributed by atoms with Crippen molar-refractivity contribution in [3.8, 4) is 0 Å². The predicted octanol–water partition coefficient (Wildman–Crippen LogP) is 1.70. The van der Waals surface area contributed by atoms with Gasteiger partial charge in [0.15, 0.2) is 0 Å². The fraction of sp³-hybridized carbons (Fsp3) is 0.500. The number of aryl methyl sites for hydroxylation is 2. The molecule has 3 unspecified atom stereocenters. The van der Waals surface area contributed by atoms with Crippen LogP contribution in [-0.4, -0.2) is 19.0 Å². The van der Waals surface area contributed by atoms with Crippen LogP contribution >= 0.6 is 0 Å². The summed E-state index contributed by atoms with van der Waals surface area (Å²) < 4.78 is 0. The number of likely N-dealkylation sites (N-methyl/N-ethyl adjacent to an activating group) is 1. The van der Waals surface area contributed by atoms with Crippen LogP contribution in [0.5, 0.6) is 0 Å². The Morgan fingerprint density at radius 3 is 2.29 bits per heavy atom. The van der Waals surface area contributed by atoms with Crippen molar-refractivity contribution in [2.24, 2.45) is 5.92 Å². The van der Waals surface area contributed by atoms with E-state index in [1.54, 1.807) is 0 Å². The molecule has 1 fully saturated rings. The summed E-state index contributed by atoms with van der Waals surface area (Å²) in [5.41, 5.74) is 3.67. The maximum absolute atomic E-state index is 11.7. The van der Waals surface area contributed by atoms with Crippen LogP contribution in [0, 0.1) is 19.8 Å². The van der Waals surface area contributed by atoms with Gasteiger partial charge in [-0.3, -0.25) is 4.79 Å². The van der Waals surface area contributed by atoms with Gasteiger partial charge in [0, 0.05) is 6.04 Å². The molecule has 1 saturated heterocycles. The lowest BCUT2D eigenvalue weighted by atomic mass is 9.93. The van der Waals surface area contributed by atoms with Gasteiger partial charge < -0.3 is 10.6 Å². The molecule has 3 heteroatoms. The van der Waals surface area contributed by atoms with Gasteiger partial charge in [-0.25, -0.2) is 0 Å². The van der Waals surface area contributed by atoms with Crippen LogP contribution in [0.1, 0.15) is 29.7 Å². The van der Waals surface area contributed by atoms with Crippen LogP contribution in [0.4, 0.5) is 0 Å². The third kappa shape index (κ3) is 2.20. The van der Waals surface area contributed by atoms with E-state index in [0.29, 0.717) is 0 Å². The Morgan fingerprint density at radius 2 is 1.76 bits per heavy atom. The number of hydrogen-bond donors (Lipinski definition) is 2. The molecule has 2 rings (SSSR count).